The summed E-state index contributed by atoms with van der Waals surface area (Å²) in [6.45, 7) is 16.3. The van der Waals surface area contributed by atoms with Gasteiger partial charge in [-0.05, 0) is 93.1 Å². The van der Waals surface area contributed by atoms with Crippen molar-refractivity contribution in [2.75, 3.05) is 40.8 Å². The number of pyridine rings is 1. The molecule has 4 aliphatic rings. The summed E-state index contributed by atoms with van der Waals surface area (Å²) in [6, 6.07) is 8.65. The normalized spacial score (nSPS) is 40.4. The first-order valence-electron chi connectivity index (χ1n) is 21.7. The smallest absolute Gasteiger partial charge is 0.311 e. The number of rotatable bonds is 5. The van der Waals surface area contributed by atoms with Crippen LogP contribution in [-0.2, 0) is 28.5 Å². The Balaban J connectivity index is 1.42. The summed E-state index contributed by atoms with van der Waals surface area (Å²) in [7, 11) is 5.78. The molecule has 6 rings (SSSR count). The quantitative estimate of drug-likeness (QED) is 0.368. The van der Waals surface area contributed by atoms with Crippen LogP contribution in [0.4, 0.5) is 0 Å². The molecule has 14 heteroatoms. The number of aliphatic hydroxyl groups excluding tert-OH is 2. The number of esters is 1. The van der Waals surface area contributed by atoms with E-state index in [1.54, 1.807) is 19.2 Å². The fraction of sp³-hybridized carbons (Fsp3) is 0.756. The van der Waals surface area contributed by atoms with E-state index in [0.29, 0.717) is 50.9 Å². The van der Waals surface area contributed by atoms with Gasteiger partial charge in [-0.1, -0.05) is 39.0 Å². The van der Waals surface area contributed by atoms with Crippen LogP contribution in [0, 0.1) is 17.8 Å². The Hall–Kier alpha value is -2.79. The van der Waals surface area contributed by atoms with Crippen molar-refractivity contribution in [1.29, 1.82) is 0 Å². The molecule has 1 aromatic carbocycles. The Morgan fingerprint density at radius 2 is 1.73 bits per heavy atom. The van der Waals surface area contributed by atoms with Crippen LogP contribution in [0.1, 0.15) is 97.9 Å². The van der Waals surface area contributed by atoms with E-state index >= 15 is 0 Å². The molecule has 4 saturated heterocycles. The van der Waals surface area contributed by atoms with Crippen molar-refractivity contribution >= 4 is 22.8 Å². The molecule has 4 aliphatic heterocycles. The highest BCUT2D eigenvalue weighted by atomic mass is 16.7. The van der Waals surface area contributed by atoms with Gasteiger partial charge in [-0.25, -0.2) is 0 Å². The summed E-state index contributed by atoms with van der Waals surface area (Å²) in [5.41, 5.74) is -1.50. The van der Waals surface area contributed by atoms with E-state index in [0.717, 1.165) is 10.9 Å². The summed E-state index contributed by atoms with van der Waals surface area (Å²) in [5, 5.41) is 36.0. The number of aliphatic hydroxyl groups is 3. The van der Waals surface area contributed by atoms with Crippen molar-refractivity contribution in [3.8, 4) is 0 Å². The van der Waals surface area contributed by atoms with Gasteiger partial charge in [-0.2, -0.15) is 0 Å². The number of likely N-dealkylation sites (N-methyl/N-ethyl adjacent to an activating group) is 2. The lowest BCUT2D eigenvalue weighted by Gasteiger charge is -2.49. The van der Waals surface area contributed by atoms with E-state index in [4.69, 9.17) is 23.7 Å². The third-order valence-corrected chi connectivity index (χ3v) is 13.9. The minimum Gasteiger partial charge on any atom is -0.459 e. The van der Waals surface area contributed by atoms with E-state index in [2.05, 4.69) is 11.9 Å². The minimum absolute atomic E-state index is 0.0359. The van der Waals surface area contributed by atoms with Crippen LogP contribution < -0.4 is 0 Å². The van der Waals surface area contributed by atoms with Crippen LogP contribution in [0.15, 0.2) is 36.5 Å². The zero-order chi connectivity index (χ0) is 43.2. The van der Waals surface area contributed by atoms with Gasteiger partial charge >= 0.3 is 5.97 Å². The predicted molar refractivity (Wildman–Crippen MR) is 222 cm³/mol. The number of fused-ring (bicyclic) bond motifs is 4. The number of piperidine rings is 1. The number of likely N-dealkylation sites (tertiary alicyclic amines) is 1. The molecule has 1 spiro atoms. The molecule has 1 amide bonds. The maximum absolute atomic E-state index is 14.4. The third kappa shape index (κ3) is 9.22. The highest BCUT2D eigenvalue weighted by Crippen LogP contribution is 2.48. The van der Waals surface area contributed by atoms with E-state index in [-0.39, 0.29) is 30.4 Å². The minimum atomic E-state index is -1.75. The zero-order valence-corrected chi connectivity index (χ0v) is 37.0. The number of aromatic nitrogens is 1. The molecule has 5 heterocycles. The molecule has 0 saturated carbocycles. The number of carbonyl (C=O) groups excluding carboxylic acids is 2. The number of carbonyl (C=O) groups is 2. The molecule has 0 aliphatic carbocycles. The van der Waals surface area contributed by atoms with Gasteiger partial charge in [0.05, 0.1) is 40.9 Å². The Morgan fingerprint density at radius 1 is 1.05 bits per heavy atom. The van der Waals surface area contributed by atoms with Crippen LogP contribution in [0.2, 0.25) is 0 Å². The van der Waals surface area contributed by atoms with Gasteiger partial charge in [0.25, 0.3) is 5.91 Å². The van der Waals surface area contributed by atoms with Crippen molar-refractivity contribution in [1.82, 2.24) is 19.7 Å². The third-order valence-electron chi connectivity index (χ3n) is 13.9. The summed E-state index contributed by atoms with van der Waals surface area (Å²) in [6.07, 6.45) is -2.30. The monoisotopic (exact) mass is 827 g/mol. The van der Waals surface area contributed by atoms with Gasteiger partial charge in [0, 0.05) is 62.1 Å². The average Bonchev–Trinajstić information content (AvgIpc) is 3.27. The fourth-order valence-corrected chi connectivity index (χ4v) is 10.4. The molecule has 4 fully saturated rings. The zero-order valence-electron chi connectivity index (χ0n) is 37.0. The van der Waals surface area contributed by atoms with E-state index in [1.165, 1.54) is 6.92 Å². The van der Waals surface area contributed by atoms with Gasteiger partial charge < -0.3 is 53.7 Å². The van der Waals surface area contributed by atoms with Gasteiger partial charge in [-0.15, -0.1) is 0 Å². The number of nitrogens with zero attached hydrogens (tertiary/aromatic N) is 4. The number of cyclic esters (lactones) is 1. The van der Waals surface area contributed by atoms with Crippen LogP contribution in [-0.4, -0.2) is 160 Å². The lowest BCUT2D eigenvalue weighted by molar-refractivity contribution is -0.331. The van der Waals surface area contributed by atoms with Gasteiger partial charge in [-0.3, -0.25) is 14.6 Å². The van der Waals surface area contributed by atoms with Gasteiger partial charge in [0.1, 0.15) is 23.9 Å². The lowest BCUT2D eigenvalue weighted by Crippen LogP contribution is -2.60. The Morgan fingerprint density at radius 3 is 2.39 bits per heavy atom. The van der Waals surface area contributed by atoms with Crippen LogP contribution in [0.3, 0.4) is 0 Å². The van der Waals surface area contributed by atoms with Gasteiger partial charge in [0.15, 0.2) is 12.1 Å². The van der Waals surface area contributed by atoms with E-state index in [9.17, 15) is 24.9 Å². The molecule has 1 aromatic heterocycles. The molecule has 2 bridgehead atoms. The van der Waals surface area contributed by atoms with E-state index < -0.39 is 77.6 Å². The molecule has 59 heavy (non-hydrogen) atoms. The first-order valence-corrected chi connectivity index (χ1v) is 21.7. The summed E-state index contributed by atoms with van der Waals surface area (Å²) in [4.78, 5) is 38.9. The Bertz CT molecular complexity index is 1770. The molecule has 14 nitrogen and oxygen atoms in total. The fourth-order valence-electron chi connectivity index (χ4n) is 10.4. The molecule has 0 radical (unpaired) electrons. The SMILES string of the molecule is CC[C@H]1OC(=O)[C@H](C)[C@H]2OC3(CCN(C(=O)c4ccnc5ccccc45)CC3)O[C@](C)(C[C@@H](C)CN(C)[C@H](C)[C@@H](O)[C@]1(C)O)[C@H](O[C@@H]1O[C@H](C)C[C@H](N(C)C)[C@H]1O)[C@H]2C. The van der Waals surface area contributed by atoms with Gasteiger partial charge in [0.2, 0.25) is 0 Å². The molecule has 2 aromatic rings. The number of benzene rings is 1. The second kappa shape index (κ2) is 17.9. The van der Waals surface area contributed by atoms with Crippen molar-refractivity contribution in [2.24, 2.45) is 17.8 Å². The van der Waals surface area contributed by atoms with Crippen molar-refractivity contribution < 1.29 is 48.6 Å². The van der Waals surface area contributed by atoms with E-state index in [1.807, 2.05) is 94.7 Å². The maximum Gasteiger partial charge on any atom is 0.311 e. The Kier molecular flexibility index (Phi) is 13.9. The molecule has 3 N–H and O–H groups in total. The van der Waals surface area contributed by atoms with Crippen LogP contribution >= 0.6 is 0 Å². The Labute approximate surface area is 350 Å². The number of hydrogen-bond donors (Lipinski definition) is 3. The highest BCUT2D eigenvalue weighted by Gasteiger charge is 2.58. The molecule has 14 atom stereocenters. The maximum atomic E-state index is 14.4. The number of hydrogen-bond acceptors (Lipinski definition) is 13. The topological polar surface area (TPSA) is 164 Å². The second-order valence-corrected chi connectivity index (χ2v) is 18.8. The first kappa shape index (κ1) is 45.7. The number of ether oxygens (including phenoxy) is 5. The van der Waals surface area contributed by atoms with Crippen molar-refractivity contribution in [3.63, 3.8) is 0 Å². The standard InChI is InChI=1S/C45H70N4O10/c1-12-35-44(8,54)38(51)30(6)48(11)25-26(2)24-43(7)39(57-42-36(50)34(47(9)10)23-27(3)55-42)28(4)37(29(5)41(53)56-35)58-45(59-43)18-21-49(22-19-45)40(52)32-17-20-46-33-16-14-13-15-31(32)33/h13-17,20,26-30,34-39,42,50-51,54H,12,18-19,21-25H2,1-11H3/t26-,27-,28+,29-,30-,34+,35-,36-,37+,38-,39-,42+,43-,44-/m1/s1. The summed E-state index contributed by atoms with van der Waals surface area (Å²) < 4.78 is 34.2. The molecular formula is C45H70N4O10. The van der Waals surface area contributed by atoms with Crippen LogP contribution in [0.25, 0.3) is 10.9 Å². The number of amides is 1. The second-order valence-electron chi connectivity index (χ2n) is 18.8. The van der Waals surface area contributed by atoms with Crippen LogP contribution in [0.5, 0.6) is 0 Å². The molecule has 330 valence electrons. The van der Waals surface area contributed by atoms with Crippen molar-refractivity contribution in [3.05, 3.63) is 42.1 Å². The molecule has 0 unspecified atom stereocenters. The lowest BCUT2D eigenvalue weighted by atomic mass is 9.78. The highest BCUT2D eigenvalue weighted by molar-refractivity contribution is 6.06. The summed E-state index contributed by atoms with van der Waals surface area (Å²) in [5.74, 6) is -3.34. The first-order chi connectivity index (χ1) is 27.7. The largest absolute Gasteiger partial charge is 0.459 e. The average molecular weight is 827 g/mol. The number of para-hydroxylation sites is 1. The summed E-state index contributed by atoms with van der Waals surface area (Å²) >= 11 is 0. The van der Waals surface area contributed by atoms with Crippen molar-refractivity contribution in [2.45, 2.75) is 159 Å². The predicted octanol–water partition coefficient (Wildman–Crippen LogP) is 4.22. The molecular weight excluding hydrogens is 757 g/mol.